The maximum absolute atomic E-state index is 12.8. The Morgan fingerprint density at radius 1 is 0.724 bits per heavy atom. The standard InChI is InChI=1S/C23H18N2O3S/c1-16-12-14-19(15-13-16)29(27,28)25-24-22-20(17-8-4-2-5-9-17)21(23(22)26)18-10-6-3-7-11-18/h2-15,25H,1H3/b24-22-. The Morgan fingerprint density at radius 3 is 1.79 bits per heavy atom. The van der Waals surface area contributed by atoms with Crippen molar-refractivity contribution in [1.82, 2.24) is 4.83 Å². The summed E-state index contributed by atoms with van der Waals surface area (Å²) in [5.74, 6) is 0. The Balaban J connectivity index is 1.80. The monoisotopic (exact) mass is 402 g/mol. The molecular formula is C23H18N2O3S. The van der Waals surface area contributed by atoms with Crippen molar-refractivity contribution in [2.45, 2.75) is 11.8 Å². The minimum Gasteiger partial charge on any atom is -0.287 e. The van der Waals surface area contributed by atoms with Crippen molar-refractivity contribution in [3.05, 3.63) is 106 Å². The van der Waals surface area contributed by atoms with E-state index in [9.17, 15) is 13.2 Å². The van der Waals surface area contributed by atoms with Crippen molar-refractivity contribution < 1.29 is 8.42 Å². The van der Waals surface area contributed by atoms with Crippen LogP contribution in [0, 0.1) is 6.92 Å². The molecule has 0 unspecified atom stereocenters. The molecule has 29 heavy (non-hydrogen) atoms. The van der Waals surface area contributed by atoms with E-state index in [-0.39, 0.29) is 15.7 Å². The second-order valence-corrected chi connectivity index (χ2v) is 8.34. The molecule has 0 amide bonds. The normalized spacial score (nSPS) is 12.2. The summed E-state index contributed by atoms with van der Waals surface area (Å²) < 4.78 is 25.1. The van der Waals surface area contributed by atoms with Gasteiger partial charge in [-0.3, -0.25) is 4.79 Å². The fourth-order valence-electron chi connectivity index (χ4n) is 3.15. The molecule has 0 spiro atoms. The molecule has 4 aromatic rings. The zero-order valence-electron chi connectivity index (χ0n) is 15.7. The molecule has 1 N–H and O–H groups in total. The molecule has 0 saturated carbocycles. The van der Waals surface area contributed by atoms with Crippen molar-refractivity contribution in [2.24, 2.45) is 5.10 Å². The quantitative estimate of drug-likeness (QED) is 0.520. The summed E-state index contributed by atoms with van der Waals surface area (Å²) >= 11 is 0. The van der Waals surface area contributed by atoms with Crippen LogP contribution in [0.1, 0.15) is 5.56 Å². The number of sulfonamides is 1. The van der Waals surface area contributed by atoms with Gasteiger partial charge in [-0.1, -0.05) is 78.4 Å². The fourth-order valence-corrected chi connectivity index (χ4v) is 3.96. The Hall–Kier alpha value is -3.51. The van der Waals surface area contributed by atoms with Gasteiger partial charge in [0.25, 0.3) is 10.0 Å². The molecule has 5 nitrogen and oxygen atoms in total. The molecule has 0 fully saturated rings. The molecule has 0 aliphatic heterocycles. The van der Waals surface area contributed by atoms with E-state index in [2.05, 4.69) is 9.93 Å². The first-order chi connectivity index (χ1) is 14.0. The van der Waals surface area contributed by atoms with E-state index >= 15 is 0 Å². The van der Waals surface area contributed by atoms with E-state index < -0.39 is 10.0 Å². The maximum atomic E-state index is 12.8. The van der Waals surface area contributed by atoms with E-state index in [1.165, 1.54) is 12.1 Å². The van der Waals surface area contributed by atoms with Gasteiger partial charge in [0.1, 0.15) is 5.36 Å². The molecule has 0 aliphatic rings. The third-order valence-electron chi connectivity index (χ3n) is 4.66. The van der Waals surface area contributed by atoms with Crippen molar-refractivity contribution >= 4 is 10.0 Å². The van der Waals surface area contributed by atoms with Crippen molar-refractivity contribution in [2.75, 3.05) is 0 Å². The molecule has 6 heteroatoms. The molecule has 0 aliphatic carbocycles. The first-order valence-corrected chi connectivity index (χ1v) is 10.5. The first kappa shape index (κ1) is 18.8. The highest BCUT2D eigenvalue weighted by molar-refractivity contribution is 7.89. The summed E-state index contributed by atoms with van der Waals surface area (Å²) in [5.41, 5.74) is 3.40. The predicted molar refractivity (Wildman–Crippen MR) is 113 cm³/mol. The van der Waals surface area contributed by atoms with Crippen LogP contribution in [0.15, 0.2) is 99.7 Å². The lowest BCUT2D eigenvalue weighted by Crippen LogP contribution is -2.39. The molecule has 0 atom stereocenters. The summed E-state index contributed by atoms with van der Waals surface area (Å²) in [5, 5.41) is 4.09. The minimum atomic E-state index is -3.87. The number of hydrogen-bond donors (Lipinski definition) is 1. The topological polar surface area (TPSA) is 75.6 Å². The first-order valence-electron chi connectivity index (χ1n) is 9.04. The number of hydrogen-bond acceptors (Lipinski definition) is 4. The van der Waals surface area contributed by atoms with Crippen LogP contribution in [-0.2, 0) is 10.0 Å². The lowest BCUT2D eigenvalue weighted by Gasteiger charge is -2.14. The van der Waals surface area contributed by atoms with Crippen molar-refractivity contribution in [3.8, 4) is 22.3 Å². The predicted octanol–water partition coefficient (Wildman–Crippen LogP) is 3.36. The number of rotatable bonds is 5. The van der Waals surface area contributed by atoms with E-state index in [4.69, 9.17) is 0 Å². The molecule has 144 valence electrons. The summed E-state index contributed by atoms with van der Waals surface area (Å²) in [7, 11) is -3.87. The van der Waals surface area contributed by atoms with Crippen molar-refractivity contribution in [3.63, 3.8) is 0 Å². The summed E-state index contributed by atoms with van der Waals surface area (Å²) in [6.45, 7) is 1.87. The second kappa shape index (κ2) is 7.48. The lowest BCUT2D eigenvalue weighted by atomic mass is 9.89. The van der Waals surface area contributed by atoms with E-state index in [0.29, 0.717) is 11.1 Å². The lowest BCUT2D eigenvalue weighted by molar-refractivity contribution is 0.583. The van der Waals surface area contributed by atoms with Crippen LogP contribution in [0.3, 0.4) is 0 Å². The van der Waals surface area contributed by atoms with Crippen LogP contribution in [-0.4, -0.2) is 8.42 Å². The van der Waals surface area contributed by atoms with Gasteiger partial charge in [0.15, 0.2) is 0 Å². The smallest absolute Gasteiger partial charge is 0.276 e. The van der Waals surface area contributed by atoms with Gasteiger partial charge >= 0.3 is 0 Å². The Labute approximate surface area is 168 Å². The highest BCUT2D eigenvalue weighted by atomic mass is 32.2. The average Bonchev–Trinajstić information content (AvgIpc) is 2.73. The molecule has 0 aromatic heterocycles. The Kier molecular flexibility index (Phi) is 4.86. The third-order valence-corrected chi connectivity index (χ3v) is 5.89. The van der Waals surface area contributed by atoms with Crippen LogP contribution in [0.4, 0.5) is 0 Å². The summed E-state index contributed by atoms with van der Waals surface area (Å²) in [6.07, 6.45) is 0. The average molecular weight is 402 g/mol. The SMILES string of the molecule is Cc1ccc(S(=O)(=O)N/N=c2/c(-c3ccccc3)c(-c3ccccc3)c2=O)cc1. The third kappa shape index (κ3) is 3.62. The molecule has 4 aromatic carbocycles. The highest BCUT2D eigenvalue weighted by Gasteiger charge is 2.22. The number of nitrogens with one attached hydrogen (secondary N) is 1. The molecule has 0 bridgehead atoms. The van der Waals surface area contributed by atoms with Crippen LogP contribution in [0.25, 0.3) is 22.3 Å². The van der Waals surface area contributed by atoms with E-state index in [1.54, 1.807) is 12.1 Å². The van der Waals surface area contributed by atoms with Crippen molar-refractivity contribution in [1.29, 1.82) is 0 Å². The second-order valence-electron chi connectivity index (χ2n) is 6.68. The fraction of sp³-hybridized carbons (Fsp3) is 0.0435. The van der Waals surface area contributed by atoms with E-state index in [1.807, 2.05) is 67.6 Å². The summed E-state index contributed by atoms with van der Waals surface area (Å²) in [6, 6.07) is 25.1. The maximum Gasteiger partial charge on any atom is 0.276 e. The van der Waals surface area contributed by atoms with Crippen LogP contribution in [0.5, 0.6) is 0 Å². The Bertz CT molecular complexity index is 1340. The number of aryl methyl sites for hydroxylation is 1. The van der Waals surface area contributed by atoms with Gasteiger partial charge in [0, 0.05) is 11.1 Å². The van der Waals surface area contributed by atoms with Gasteiger partial charge in [0.05, 0.1) is 4.90 Å². The zero-order chi connectivity index (χ0) is 20.4. The number of benzene rings is 3. The molecule has 4 rings (SSSR count). The highest BCUT2D eigenvalue weighted by Crippen LogP contribution is 2.28. The van der Waals surface area contributed by atoms with Crippen LogP contribution < -0.4 is 15.6 Å². The molecule has 0 radical (unpaired) electrons. The largest absolute Gasteiger partial charge is 0.287 e. The molecular weight excluding hydrogens is 384 g/mol. The minimum absolute atomic E-state index is 0.0905. The molecule has 0 saturated heterocycles. The van der Waals surface area contributed by atoms with Gasteiger partial charge in [-0.05, 0) is 30.2 Å². The number of nitrogens with zero attached hydrogens (tertiary/aromatic N) is 1. The van der Waals surface area contributed by atoms with Gasteiger partial charge in [0.2, 0.25) is 5.43 Å². The van der Waals surface area contributed by atoms with Crippen LogP contribution >= 0.6 is 0 Å². The van der Waals surface area contributed by atoms with Gasteiger partial charge < -0.3 is 0 Å². The van der Waals surface area contributed by atoms with Crippen LogP contribution in [0.2, 0.25) is 0 Å². The Morgan fingerprint density at radius 2 is 1.24 bits per heavy atom. The zero-order valence-corrected chi connectivity index (χ0v) is 16.5. The van der Waals surface area contributed by atoms with Gasteiger partial charge in [-0.2, -0.15) is 18.4 Å². The summed E-state index contributed by atoms with van der Waals surface area (Å²) in [4.78, 5) is 15.1. The molecule has 0 heterocycles. The van der Waals surface area contributed by atoms with Gasteiger partial charge in [-0.15, -0.1) is 0 Å². The van der Waals surface area contributed by atoms with E-state index in [0.717, 1.165) is 16.7 Å². The van der Waals surface area contributed by atoms with Gasteiger partial charge in [-0.25, -0.2) is 0 Å².